The van der Waals surface area contributed by atoms with Crippen molar-refractivity contribution in [3.8, 4) is 6.07 Å². The van der Waals surface area contributed by atoms with Gasteiger partial charge in [0.25, 0.3) is 5.91 Å². The summed E-state index contributed by atoms with van der Waals surface area (Å²) < 4.78 is 73.4. The van der Waals surface area contributed by atoms with E-state index in [1.54, 1.807) is 18.7 Å². The maximum Gasteiger partial charge on any atom is 0.311 e. The molecule has 1 aliphatic carbocycles. The number of aliphatic hydroxyl groups is 1. The Bertz CT molecular complexity index is 1020. The van der Waals surface area contributed by atoms with Crippen LogP contribution < -0.4 is 4.90 Å². The van der Waals surface area contributed by atoms with Gasteiger partial charge in [-0.1, -0.05) is 19.4 Å². The zero-order valence-corrected chi connectivity index (χ0v) is 19.6. The molecule has 1 N–H and O–H groups in total. The van der Waals surface area contributed by atoms with E-state index in [9.17, 15) is 24.2 Å². The van der Waals surface area contributed by atoms with E-state index in [2.05, 4.69) is 0 Å². The van der Waals surface area contributed by atoms with E-state index in [1.165, 1.54) is 0 Å². The van der Waals surface area contributed by atoms with E-state index in [0.717, 1.165) is 17.0 Å². The van der Waals surface area contributed by atoms with Gasteiger partial charge >= 0.3 is 10.2 Å². The van der Waals surface area contributed by atoms with E-state index in [0.29, 0.717) is 31.7 Å². The van der Waals surface area contributed by atoms with Gasteiger partial charge in [0.2, 0.25) is 0 Å². The highest BCUT2D eigenvalue weighted by Gasteiger charge is 2.67. The van der Waals surface area contributed by atoms with E-state index in [1.807, 2.05) is 0 Å². The Morgan fingerprint density at radius 3 is 2.33 bits per heavy atom. The van der Waals surface area contributed by atoms with Crippen molar-refractivity contribution in [2.24, 2.45) is 0 Å². The molecule has 1 amide bonds. The average Bonchev–Trinajstić information content (AvgIpc) is 2.89. The molecule has 0 atom stereocenters. The van der Waals surface area contributed by atoms with E-state index < -0.39 is 37.8 Å². The van der Waals surface area contributed by atoms with Gasteiger partial charge in [0.05, 0.1) is 30.6 Å². The molecule has 6 nitrogen and oxygen atoms in total. The van der Waals surface area contributed by atoms with Crippen molar-refractivity contribution in [2.45, 2.75) is 62.1 Å². The lowest BCUT2D eigenvalue weighted by atomic mass is 9.89. The summed E-state index contributed by atoms with van der Waals surface area (Å²) in [5.41, 5.74) is -2.92. The van der Waals surface area contributed by atoms with Crippen molar-refractivity contribution >= 4 is 39.1 Å². The van der Waals surface area contributed by atoms with Crippen LogP contribution in [-0.2, 0) is 9.53 Å². The fraction of sp³-hybridized carbons (Fsp3) is 0.550. The fourth-order valence-electron chi connectivity index (χ4n) is 4.40. The molecular formula is C20H24F5N3O3S2. The molecule has 2 fully saturated rings. The minimum atomic E-state index is -10.2. The predicted molar refractivity (Wildman–Crippen MR) is 118 cm³/mol. The number of nitriles is 1. The molecule has 1 saturated heterocycles. The number of aliphatic hydroxyl groups excluding tert-OH is 1. The zero-order valence-electron chi connectivity index (χ0n) is 17.9. The number of amides is 1. The van der Waals surface area contributed by atoms with Crippen LogP contribution in [0.2, 0.25) is 0 Å². The molecule has 33 heavy (non-hydrogen) atoms. The summed E-state index contributed by atoms with van der Waals surface area (Å²) in [5.74, 6) is -0.649. The number of carbonyl (C=O) groups excluding carboxylic acids is 1. The number of thiocarbonyl (C=S) groups is 1. The van der Waals surface area contributed by atoms with Crippen LogP contribution in [0.3, 0.4) is 0 Å². The van der Waals surface area contributed by atoms with Gasteiger partial charge in [-0.2, -0.15) is 5.26 Å². The monoisotopic (exact) mass is 513 g/mol. The third-order valence-corrected chi connectivity index (χ3v) is 7.49. The van der Waals surface area contributed by atoms with Gasteiger partial charge in [0.1, 0.15) is 16.5 Å². The quantitative estimate of drug-likeness (QED) is 0.414. The van der Waals surface area contributed by atoms with Gasteiger partial charge in [-0.25, -0.2) is 0 Å². The Labute approximate surface area is 193 Å². The number of anilines is 1. The van der Waals surface area contributed by atoms with Gasteiger partial charge in [0, 0.05) is 6.04 Å². The van der Waals surface area contributed by atoms with Crippen molar-refractivity contribution in [1.29, 1.82) is 5.26 Å². The highest BCUT2D eigenvalue weighted by atomic mass is 32.5. The summed E-state index contributed by atoms with van der Waals surface area (Å²) in [6.45, 7) is 3.26. The molecule has 0 radical (unpaired) electrons. The lowest BCUT2D eigenvalue weighted by molar-refractivity contribution is -0.124. The van der Waals surface area contributed by atoms with Crippen molar-refractivity contribution < 1.29 is 34.1 Å². The fourth-order valence-corrected chi connectivity index (χ4v) is 5.84. The molecule has 184 valence electrons. The predicted octanol–water partition coefficient (Wildman–Crippen LogP) is 5.25. The molecule has 1 aromatic rings. The molecule has 3 rings (SSSR count). The van der Waals surface area contributed by atoms with Crippen LogP contribution in [0.5, 0.6) is 0 Å². The molecule has 13 heteroatoms. The molecular weight excluding hydrogens is 489 g/mol. The number of benzene rings is 1. The van der Waals surface area contributed by atoms with Crippen LogP contribution in [0.4, 0.5) is 25.1 Å². The molecule has 1 saturated carbocycles. The Kier molecular flexibility index (Phi) is 6.02. The number of ether oxygens (including phenoxy) is 1. The molecule has 0 aromatic heterocycles. The van der Waals surface area contributed by atoms with Gasteiger partial charge in [-0.3, -0.25) is 9.69 Å². The van der Waals surface area contributed by atoms with Crippen molar-refractivity contribution in [3.63, 3.8) is 0 Å². The number of hydrogen-bond acceptors (Lipinski definition) is 5. The van der Waals surface area contributed by atoms with Gasteiger partial charge < -0.3 is 14.7 Å². The Hall–Kier alpha value is -2.01. The Morgan fingerprint density at radius 2 is 1.82 bits per heavy atom. The molecule has 1 aromatic carbocycles. The average molecular weight is 514 g/mol. The van der Waals surface area contributed by atoms with Gasteiger partial charge in [0.15, 0.2) is 5.11 Å². The first-order valence-corrected chi connectivity index (χ1v) is 12.6. The van der Waals surface area contributed by atoms with Crippen LogP contribution >= 0.6 is 22.4 Å². The second kappa shape index (κ2) is 7.76. The normalized spacial score (nSPS) is 25.5. The highest BCUT2D eigenvalue weighted by Crippen LogP contribution is 3.02. The van der Waals surface area contributed by atoms with Crippen molar-refractivity contribution in [2.75, 3.05) is 18.1 Å². The maximum atomic E-state index is 13.6. The summed E-state index contributed by atoms with van der Waals surface area (Å²) in [4.78, 5) is 13.3. The molecule has 2 aliphatic rings. The molecule has 1 aliphatic heterocycles. The standard InChI is InChI=1S/C20H24F5N3O3S2/c1-20(2)18(30)27(15-4-3-13(12-26)17(11-15)33(21,22,23,24)25)19(32)28(20)14-5-7-16(8-6-14)31-10-9-29/h3-4,11,14,16,29H,5-10H2,1-2H3. The third kappa shape index (κ3) is 4.94. The van der Waals surface area contributed by atoms with E-state index in [4.69, 9.17) is 27.3 Å². The topological polar surface area (TPSA) is 76.8 Å². The summed E-state index contributed by atoms with van der Waals surface area (Å²) in [7, 11) is -10.2. The summed E-state index contributed by atoms with van der Waals surface area (Å²) >= 11 is 5.45. The van der Waals surface area contributed by atoms with Crippen LogP contribution in [0, 0.1) is 11.3 Å². The van der Waals surface area contributed by atoms with Crippen LogP contribution in [0.1, 0.15) is 45.1 Å². The summed E-state index contributed by atoms with van der Waals surface area (Å²) in [5, 5.41) is 17.8. The number of nitrogens with zero attached hydrogens (tertiary/aromatic N) is 3. The zero-order chi connectivity index (χ0) is 24.9. The molecule has 1 heterocycles. The maximum absolute atomic E-state index is 13.6. The first-order valence-electron chi connectivity index (χ1n) is 10.2. The SMILES string of the molecule is CC1(C)C(=O)N(c2ccc(C#N)c(S(F)(F)(F)(F)F)c2)C(=S)N1C1CCC(OCCO)CC1. The minimum absolute atomic E-state index is 0.0573. The van der Waals surface area contributed by atoms with Gasteiger partial charge in [-0.05, 0) is 69.9 Å². The van der Waals surface area contributed by atoms with Crippen molar-refractivity contribution in [1.82, 2.24) is 4.90 Å². The first kappa shape index (κ1) is 25.6. The lowest BCUT2D eigenvalue weighted by Gasteiger charge is -2.41. The number of rotatable bonds is 6. The third-order valence-electron chi connectivity index (χ3n) is 5.94. The lowest BCUT2D eigenvalue weighted by Crippen LogP contribution is -2.51. The molecule has 0 unspecified atom stereocenters. The minimum Gasteiger partial charge on any atom is -0.394 e. The molecule has 0 spiro atoms. The second-order valence-electron chi connectivity index (χ2n) is 8.64. The number of carbonyl (C=O) groups is 1. The first-order chi connectivity index (χ1) is 15.0. The smallest absolute Gasteiger partial charge is 0.311 e. The van der Waals surface area contributed by atoms with Crippen LogP contribution in [0.15, 0.2) is 23.1 Å². The van der Waals surface area contributed by atoms with E-state index >= 15 is 0 Å². The Morgan fingerprint density at radius 1 is 1.21 bits per heavy atom. The van der Waals surface area contributed by atoms with Gasteiger partial charge in [-0.15, -0.1) is 0 Å². The van der Waals surface area contributed by atoms with Crippen molar-refractivity contribution in [3.05, 3.63) is 23.8 Å². The largest absolute Gasteiger partial charge is 0.394 e. The van der Waals surface area contributed by atoms with E-state index in [-0.39, 0.29) is 36.5 Å². The second-order valence-corrected chi connectivity index (χ2v) is 11.4. The Balaban J connectivity index is 1.95. The number of hydrogen-bond donors (Lipinski definition) is 1. The number of halogens is 5. The highest BCUT2D eigenvalue weighted by molar-refractivity contribution is 8.45. The summed E-state index contributed by atoms with van der Waals surface area (Å²) in [6.07, 6.45) is 2.40. The summed E-state index contributed by atoms with van der Waals surface area (Å²) in [6, 6.07) is 2.70. The van der Waals surface area contributed by atoms with Crippen LogP contribution in [0.25, 0.3) is 0 Å². The van der Waals surface area contributed by atoms with Crippen LogP contribution in [-0.4, -0.2) is 51.9 Å². The molecule has 0 bridgehead atoms.